The summed E-state index contributed by atoms with van der Waals surface area (Å²) in [7, 11) is -1.89. The van der Waals surface area contributed by atoms with Gasteiger partial charge in [0.05, 0.1) is 0 Å². The summed E-state index contributed by atoms with van der Waals surface area (Å²) in [6.07, 6.45) is 7.85. The molecule has 1 aliphatic carbocycles. The number of allylic oxidation sites excluding steroid dienone is 4. The molecule has 3 nitrogen and oxygen atoms in total. The van der Waals surface area contributed by atoms with E-state index >= 15 is 0 Å². The van der Waals surface area contributed by atoms with Gasteiger partial charge >= 0.3 is 136 Å². The van der Waals surface area contributed by atoms with E-state index in [0.717, 1.165) is 6.42 Å². The first-order valence-corrected chi connectivity index (χ1v) is 25.9. The Morgan fingerprint density at radius 1 is 0.905 bits per heavy atom. The van der Waals surface area contributed by atoms with Gasteiger partial charge in [-0.05, 0) is 0 Å². The van der Waals surface area contributed by atoms with Gasteiger partial charge in [0.15, 0.2) is 0 Å². The molecule has 21 heavy (non-hydrogen) atoms. The van der Waals surface area contributed by atoms with Crippen molar-refractivity contribution in [3.63, 3.8) is 0 Å². The van der Waals surface area contributed by atoms with Crippen LogP contribution >= 0.6 is 0 Å². The Bertz CT molecular complexity index is 384. The molecule has 0 fully saturated rings. The SMILES string of the molecule is CC(C)[O][Zr]([O]C(C)C)([O]C(C)C)([C]1=CC=CC1)[GeH]([CH3])[CH3]. The zero-order valence-electron chi connectivity index (χ0n) is 15.0. The van der Waals surface area contributed by atoms with Gasteiger partial charge in [0, 0.05) is 0 Å². The van der Waals surface area contributed by atoms with Gasteiger partial charge in [0.2, 0.25) is 0 Å². The third-order valence-electron chi connectivity index (χ3n) is 3.72. The van der Waals surface area contributed by atoms with E-state index in [0.29, 0.717) is 0 Å². The van der Waals surface area contributed by atoms with E-state index in [2.05, 4.69) is 71.3 Å². The molecule has 0 radical (unpaired) electrons. The quantitative estimate of drug-likeness (QED) is 0.523. The molecular formula is C16H33GeO3Zr. The van der Waals surface area contributed by atoms with Crippen LogP contribution in [0.4, 0.5) is 0 Å². The molecule has 0 N–H and O–H groups in total. The van der Waals surface area contributed by atoms with Crippen LogP contribution < -0.4 is 0 Å². The van der Waals surface area contributed by atoms with Crippen LogP contribution in [0.25, 0.3) is 0 Å². The molecule has 5 heteroatoms. The molecule has 0 aromatic rings. The van der Waals surface area contributed by atoms with Crippen molar-refractivity contribution in [2.45, 2.75) is 77.8 Å². The summed E-state index contributed by atoms with van der Waals surface area (Å²) in [5.74, 6) is 4.76. The van der Waals surface area contributed by atoms with Crippen LogP contribution in [-0.2, 0) is 26.0 Å². The first-order valence-electron chi connectivity index (χ1n) is 8.19. The van der Waals surface area contributed by atoms with E-state index in [1.165, 1.54) is 3.28 Å². The molecule has 0 atom stereocenters. The molecule has 0 saturated carbocycles. The molecule has 0 amide bonds. The van der Waals surface area contributed by atoms with Crippen LogP contribution in [0.2, 0.25) is 11.5 Å². The van der Waals surface area contributed by atoms with Gasteiger partial charge in [-0.15, -0.1) is 0 Å². The van der Waals surface area contributed by atoms with E-state index in [4.69, 9.17) is 8.44 Å². The van der Waals surface area contributed by atoms with Gasteiger partial charge in [-0.1, -0.05) is 0 Å². The van der Waals surface area contributed by atoms with E-state index in [1.54, 1.807) is 0 Å². The average molecular weight is 437 g/mol. The maximum atomic E-state index is 6.73. The zero-order chi connectivity index (χ0) is 16.3. The summed E-state index contributed by atoms with van der Waals surface area (Å²) in [5.41, 5.74) is 0. The van der Waals surface area contributed by atoms with Crippen LogP contribution in [0.1, 0.15) is 48.0 Å². The number of hydrogen-bond donors (Lipinski definition) is 0. The molecule has 0 aliphatic heterocycles. The number of rotatable bonds is 8. The van der Waals surface area contributed by atoms with Crippen LogP contribution in [-0.4, -0.2) is 28.9 Å². The van der Waals surface area contributed by atoms with Crippen molar-refractivity contribution in [3.8, 4) is 0 Å². The van der Waals surface area contributed by atoms with Gasteiger partial charge in [0.1, 0.15) is 0 Å². The Morgan fingerprint density at radius 2 is 1.33 bits per heavy atom. The van der Waals surface area contributed by atoms with Gasteiger partial charge in [-0.25, -0.2) is 0 Å². The van der Waals surface area contributed by atoms with Crippen molar-refractivity contribution >= 4 is 10.6 Å². The molecule has 1 rings (SSSR count). The predicted molar refractivity (Wildman–Crippen MR) is 89.4 cm³/mol. The molecular weight excluding hydrogens is 404 g/mol. The van der Waals surface area contributed by atoms with Crippen molar-refractivity contribution in [3.05, 3.63) is 21.5 Å². The van der Waals surface area contributed by atoms with Gasteiger partial charge < -0.3 is 0 Å². The Labute approximate surface area is 135 Å². The molecule has 0 saturated heterocycles. The van der Waals surface area contributed by atoms with Gasteiger partial charge in [-0.2, -0.15) is 0 Å². The summed E-state index contributed by atoms with van der Waals surface area (Å²) in [4.78, 5) is 0. The fraction of sp³-hybridized carbons (Fsp3) is 0.750. The van der Waals surface area contributed by atoms with Gasteiger partial charge in [0.25, 0.3) is 0 Å². The van der Waals surface area contributed by atoms with Crippen LogP contribution in [0.5, 0.6) is 0 Å². The molecule has 0 unspecified atom stereocenters. The minimum atomic E-state index is -4.31. The number of hydrogen-bond acceptors (Lipinski definition) is 3. The Kier molecular flexibility index (Phi) is 7.15. The fourth-order valence-electron chi connectivity index (χ4n) is 3.21. The van der Waals surface area contributed by atoms with Crippen LogP contribution in [0, 0.1) is 0 Å². The second-order valence-corrected chi connectivity index (χ2v) is 47.5. The van der Waals surface area contributed by atoms with Crippen LogP contribution in [0.3, 0.4) is 0 Å². The third-order valence-corrected chi connectivity index (χ3v) is 53.5. The summed E-state index contributed by atoms with van der Waals surface area (Å²) < 4.78 is 21.5. The summed E-state index contributed by atoms with van der Waals surface area (Å²) in [5, 5.41) is 0. The van der Waals surface area contributed by atoms with Gasteiger partial charge in [-0.3, -0.25) is 0 Å². The molecule has 123 valence electrons. The fourth-order valence-corrected chi connectivity index (χ4v) is 49.4. The van der Waals surface area contributed by atoms with Crippen molar-refractivity contribution < 1.29 is 26.0 Å². The molecule has 0 spiro atoms. The topological polar surface area (TPSA) is 27.7 Å². The maximum absolute atomic E-state index is 6.73. The van der Waals surface area contributed by atoms with E-state index < -0.39 is 28.2 Å². The summed E-state index contributed by atoms with van der Waals surface area (Å²) in [6, 6.07) is 0. The molecule has 0 aromatic heterocycles. The normalized spacial score (nSPS) is 17.9. The van der Waals surface area contributed by atoms with Crippen molar-refractivity contribution in [1.29, 1.82) is 0 Å². The zero-order valence-corrected chi connectivity index (χ0v) is 19.9. The van der Waals surface area contributed by atoms with E-state index in [-0.39, 0.29) is 18.3 Å². The second kappa shape index (κ2) is 7.57. The summed E-state index contributed by atoms with van der Waals surface area (Å²) in [6.45, 7) is 12.6. The third kappa shape index (κ3) is 4.20. The van der Waals surface area contributed by atoms with Crippen molar-refractivity contribution in [1.82, 2.24) is 0 Å². The Hall–Kier alpha value is 0.786. The standard InChI is InChI=1S/C5H5.3C3H7O.C2H7Ge.Zr/c1-2-4-5-3-1;3*1-3(2)4;1-3-2;/h1-3H,4H2;3*3H,1-2H3;3H,1-2H3;/q;3*-1;;+3. The second-order valence-electron chi connectivity index (χ2n) is 7.03. The van der Waals surface area contributed by atoms with Crippen molar-refractivity contribution in [2.24, 2.45) is 0 Å². The minimum absolute atomic E-state index is 0.127. The van der Waals surface area contributed by atoms with E-state index in [1.807, 2.05) is 0 Å². The molecule has 0 aromatic carbocycles. The molecule has 1 aliphatic rings. The van der Waals surface area contributed by atoms with E-state index in [9.17, 15) is 0 Å². The first kappa shape index (κ1) is 19.8. The average Bonchev–Trinajstić information content (AvgIpc) is 2.79. The Balaban J connectivity index is 3.50. The monoisotopic (exact) mass is 437 g/mol. The summed E-state index contributed by atoms with van der Waals surface area (Å²) >= 11 is -4.31. The van der Waals surface area contributed by atoms with Crippen LogP contribution in [0.15, 0.2) is 21.5 Å². The molecule has 0 bridgehead atoms. The molecule has 0 heterocycles. The predicted octanol–water partition coefficient (Wildman–Crippen LogP) is 4.52. The first-order chi connectivity index (χ1) is 9.63. The Morgan fingerprint density at radius 3 is 1.57 bits per heavy atom. The van der Waals surface area contributed by atoms with Crippen molar-refractivity contribution in [2.75, 3.05) is 0 Å².